The molecule has 0 aromatic carbocycles. The zero-order valence-corrected chi connectivity index (χ0v) is 19.8. The standard InChI is InChI=1S/C20H40B2O6/c1-15(2)14-23-21-25-17(6,7)19(10,27-21)12-13-20(11)18(8,9)26-22(28-20)24-16(3,4)5/h15H,12-14H2,1-11H3. The van der Waals surface area contributed by atoms with Crippen molar-refractivity contribution in [1.82, 2.24) is 0 Å². The summed E-state index contributed by atoms with van der Waals surface area (Å²) < 4.78 is 36.3. The van der Waals surface area contributed by atoms with Crippen LogP contribution < -0.4 is 0 Å². The zero-order valence-electron chi connectivity index (χ0n) is 19.8. The molecule has 0 aliphatic carbocycles. The molecule has 2 heterocycles. The second-order valence-corrected chi connectivity index (χ2v) is 11.0. The molecule has 2 aliphatic rings. The first-order chi connectivity index (χ1) is 12.5. The molecule has 0 aromatic rings. The van der Waals surface area contributed by atoms with Crippen molar-refractivity contribution < 1.29 is 27.9 Å². The van der Waals surface area contributed by atoms with Crippen molar-refractivity contribution in [3.8, 4) is 0 Å². The lowest BCUT2D eigenvalue weighted by atomic mass is 9.77. The SMILES string of the molecule is CC(C)COB1OC(C)(C)C(C)(CCC2(C)OB(OC(C)(C)C)OC2(C)C)O1. The van der Waals surface area contributed by atoms with Crippen LogP contribution in [0.4, 0.5) is 0 Å². The predicted octanol–water partition coefficient (Wildman–Crippen LogP) is 4.39. The molecular formula is C20H40B2O6. The van der Waals surface area contributed by atoms with Crippen LogP contribution in [-0.4, -0.2) is 49.3 Å². The van der Waals surface area contributed by atoms with Gasteiger partial charge in [0.05, 0.1) is 22.4 Å². The van der Waals surface area contributed by atoms with Crippen LogP contribution in [-0.2, 0) is 27.9 Å². The Labute approximate surface area is 172 Å². The number of hydrogen-bond acceptors (Lipinski definition) is 6. The first kappa shape index (κ1) is 24.2. The lowest BCUT2D eigenvalue weighted by Crippen LogP contribution is -2.50. The predicted molar refractivity (Wildman–Crippen MR) is 112 cm³/mol. The highest BCUT2D eigenvalue weighted by Crippen LogP contribution is 2.46. The van der Waals surface area contributed by atoms with Gasteiger partial charge in [0.25, 0.3) is 0 Å². The van der Waals surface area contributed by atoms with Gasteiger partial charge in [-0.25, -0.2) is 0 Å². The minimum Gasteiger partial charge on any atom is -0.386 e. The van der Waals surface area contributed by atoms with E-state index in [9.17, 15) is 0 Å². The van der Waals surface area contributed by atoms with E-state index in [2.05, 4.69) is 41.5 Å². The second kappa shape index (κ2) is 7.86. The van der Waals surface area contributed by atoms with Crippen LogP contribution in [0.1, 0.15) is 89.0 Å². The van der Waals surface area contributed by atoms with Crippen LogP contribution in [0, 0.1) is 5.92 Å². The van der Waals surface area contributed by atoms with Crippen LogP contribution in [0.2, 0.25) is 0 Å². The van der Waals surface area contributed by atoms with Crippen molar-refractivity contribution in [3.05, 3.63) is 0 Å². The Morgan fingerprint density at radius 3 is 1.61 bits per heavy atom. The molecule has 0 radical (unpaired) electrons. The van der Waals surface area contributed by atoms with E-state index in [0.717, 1.165) is 12.8 Å². The maximum atomic E-state index is 6.25. The van der Waals surface area contributed by atoms with Gasteiger partial charge in [-0.3, -0.25) is 0 Å². The fourth-order valence-corrected chi connectivity index (χ4v) is 3.36. The molecule has 2 rings (SSSR count). The Hall–Kier alpha value is -0.110. The summed E-state index contributed by atoms with van der Waals surface area (Å²) in [6.45, 7) is 23.2. The largest absolute Gasteiger partial charge is 0.640 e. The Morgan fingerprint density at radius 1 is 0.750 bits per heavy atom. The summed E-state index contributed by atoms with van der Waals surface area (Å²) in [5, 5.41) is 0. The molecule has 28 heavy (non-hydrogen) atoms. The van der Waals surface area contributed by atoms with E-state index in [1.54, 1.807) is 0 Å². The number of rotatable bonds is 7. The van der Waals surface area contributed by atoms with Crippen molar-refractivity contribution in [2.75, 3.05) is 6.61 Å². The fourth-order valence-electron chi connectivity index (χ4n) is 3.36. The van der Waals surface area contributed by atoms with Gasteiger partial charge in [-0.05, 0) is 81.1 Å². The molecule has 0 spiro atoms. The monoisotopic (exact) mass is 398 g/mol. The summed E-state index contributed by atoms with van der Waals surface area (Å²) in [6.07, 6.45) is 1.48. The Morgan fingerprint density at radius 2 is 1.18 bits per heavy atom. The molecule has 0 aromatic heterocycles. The zero-order chi connectivity index (χ0) is 21.6. The molecular weight excluding hydrogens is 358 g/mol. The molecule has 2 unspecified atom stereocenters. The van der Waals surface area contributed by atoms with Gasteiger partial charge in [0.2, 0.25) is 0 Å². The Kier molecular flexibility index (Phi) is 6.78. The maximum absolute atomic E-state index is 6.25. The minimum absolute atomic E-state index is 0.344. The van der Waals surface area contributed by atoms with Crippen molar-refractivity contribution in [3.63, 3.8) is 0 Å². The molecule has 2 saturated heterocycles. The summed E-state index contributed by atoms with van der Waals surface area (Å²) >= 11 is 0. The molecule has 162 valence electrons. The van der Waals surface area contributed by atoms with Gasteiger partial charge in [-0.1, -0.05) is 13.8 Å². The molecule has 2 atom stereocenters. The highest BCUT2D eigenvalue weighted by atomic mass is 16.8. The summed E-state index contributed by atoms with van der Waals surface area (Å²) in [4.78, 5) is 0. The van der Waals surface area contributed by atoms with Crippen molar-refractivity contribution in [2.45, 2.75) is 117 Å². The van der Waals surface area contributed by atoms with Crippen LogP contribution >= 0.6 is 0 Å². The first-order valence-corrected chi connectivity index (χ1v) is 10.5. The maximum Gasteiger partial charge on any atom is 0.640 e. The van der Waals surface area contributed by atoms with E-state index in [0.29, 0.717) is 12.5 Å². The van der Waals surface area contributed by atoms with Gasteiger partial charge in [-0.15, -0.1) is 0 Å². The smallest absolute Gasteiger partial charge is 0.386 e. The third kappa shape index (κ3) is 5.32. The van der Waals surface area contributed by atoms with Gasteiger partial charge in [-0.2, -0.15) is 0 Å². The normalized spacial score (nSPS) is 32.6. The Balaban J connectivity index is 2.04. The van der Waals surface area contributed by atoms with Crippen LogP contribution in [0.15, 0.2) is 0 Å². The average molecular weight is 398 g/mol. The van der Waals surface area contributed by atoms with E-state index in [1.165, 1.54) is 0 Å². The fraction of sp³-hybridized carbons (Fsp3) is 1.00. The summed E-state index contributed by atoms with van der Waals surface area (Å²) in [6, 6.07) is 0. The van der Waals surface area contributed by atoms with Gasteiger partial charge < -0.3 is 27.9 Å². The second-order valence-electron chi connectivity index (χ2n) is 11.0. The molecule has 8 heteroatoms. The van der Waals surface area contributed by atoms with Gasteiger partial charge in [0.1, 0.15) is 0 Å². The van der Waals surface area contributed by atoms with Crippen LogP contribution in [0.3, 0.4) is 0 Å². The van der Waals surface area contributed by atoms with Gasteiger partial charge in [0, 0.05) is 12.2 Å². The van der Waals surface area contributed by atoms with E-state index in [-0.39, 0.29) is 5.60 Å². The summed E-state index contributed by atoms with van der Waals surface area (Å²) in [5.41, 5.74) is -2.32. The molecule has 2 fully saturated rings. The van der Waals surface area contributed by atoms with E-state index < -0.39 is 37.0 Å². The van der Waals surface area contributed by atoms with Crippen molar-refractivity contribution in [2.24, 2.45) is 5.92 Å². The molecule has 0 saturated carbocycles. The van der Waals surface area contributed by atoms with Crippen LogP contribution in [0.25, 0.3) is 0 Å². The topological polar surface area (TPSA) is 55.4 Å². The number of hydrogen-bond donors (Lipinski definition) is 0. The Bertz CT molecular complexity index is 547. The molecule has 6 nitrogen and oxygen atoms in total. The molecule has 2 aliphatic heterocycles. The third-order valence-electron chi connectivity index (χ3n) is 6.14. The summed E-state index contributed by atoms with van der Waals surface area (Å²) in [5.74, 6) is 0.422. The highest BCUT2D eigenvalue weighted by molar-refractivity contribution is 6.38. The van der Waals surface area contributed by atoms with E-state index in [4.69, 9.17) is 27.9 Å². The molecule has 0 amide bonds. The molecule has 0 N–H and O–H groups in total. The first-order valence-electron chi connectivity index (χ1n) is 10.5. The van der Waals surface area contributed by atoms with E-state index >= 15 is 0 Å². The lowest BCUT2D eigenvalue weighted by molar-refractivity contribution is -0.0583. The quantitative estimate of drug-likeness (QED) is 0.593. The van der Waals surface area contributed by atoms with E-state index in [1.807, 2.05) is 34.6 Å². The van der Waals surface area contributed by atoms with Crippen molar-refractivity contribution in [1.29, 1.82) is 0 Å². The third-order valence-corrected chi connectivity index (χ3v) is 6.14. The average Bonchev–Trinajstić information content (AvgIpc) is 2.83. The lowest BCUT2D eigenvalue weighted by Gasteiger charge is -2.41. The van der Waals surface area contributed by atoms with Gasteiger partial charge in [0.15, 0.2) is 0 Å². The minimum atomic E-state index is -0.677. The summed E-state index contributed by atoms with van der Waals surface area (Å²) in [7, 11) is -1.32. The van der Waals surface area contributed by atoms with Crippen molar-refractivity contribution >= 4 is 14.6 Å². The van der Waals surface area contributed by atoms with Gasteiger partial charge >= 0.3 is 14.6 Å². The highest BCUT2D eigenvalue weighted by Gasteiger charge is 2.60. The molecule has 0 bridgehead atoms. The van der Waals surface area contributed by atoms with Crippen LogP contribution in [0.5, 0.6) is 0 Å².